The van der Waals surface area contributed by atoms with Gasteiger partial charge in [0.1, 0.15) is 0 Å². The molecule has 1 heterocycles. The van der Waals surface area contributed by atoms with Gasteiger partial charge < -0.3 is 14.2 Å². The second-order valence-electron chi connectivity index (χ2n) is 4.78. The van der Waals surface area contributed by atoms with Gasteiger partial charge in [-0.1, -0.05) is 12.1 Å². The van der Waals surface area contributed by atoms with Crippen LogP contribution in [-0.2, 0) is 4.79 Å². The number of hydrogen-bond acceptors (Lipinski definition) is 5. The summed E-state index contributed by atoms with van der Waals surface area (Å²) in [6, 6.07) is 9.06. The number of benzene rings is 1. The van der Waals surface area contributed by atoms with Crippen LogP contribution in [0, 0.1) is 0 Å². The Balaban J connectivity index is 2.16. The van der Waals surface area contributed by atoms with Crippen LogP contribution < -0.4 is 14.2 Å². The molecule has 0 aliphatic rings. The molecule has 0 saturated heterocycles. The first-order valence-corrected chi connectivity index (χ1v) is 7.29. The van der Waals surface area contributed by atoms with E-state index >= 15 is 0 Å². The highest BCUT2D eigenvalue weighted by Gasteiger charge is 2.11. The molecule has 1 aromatic carbocycles. The number of aromatic nitrogens is 1. The number of allylic oxidation sites excluding steroid dienone is 2. The zero-order valence-electron chi connectivity index (χ0n) is 13.9. The van der Waals surface area contributed by atoms with Gasteiger partial charge in [0.25, 0.3) is 0 Å². The molecule has 0 spiro atoms. The van der Waals surface area contributed by atoms with E-state index in [1.165, 1.54) is 12.2 Å². The van der Waals surface area contributed by atoms with Crippen molar-refractivity contribution in [2.24, 2.45) is 0 Å². The van der Waals surface area contributed by atoms with Gasteiger partial charge in [0.2, 0.25) is 5.75 Å². The summed E-state index contributed by atoms with van der Waals surface area (Å²) >= 11 is 0. The summed E-state index contributed by atoms with van der Waals surface area (Å²) in [4.78, 5) is 16.1. The molecule has 0 atom stereocenters. The first-order valence-electron chi connectivity index (χ1n) is 7.29. The maximum atomic E-state index is 11.9. The lowest BCUT2D eigenvalue weighted by Gasteiger charge is -2.12. The van der Waals surface area contributed by atoms with Crippen LogP contribution in [0.2, 0.25) is 0 Å². The van der Waals surface area contributed by atoms with E-state index in [2.05, 4.69) is 4.98 Å². The van der Waals surface area contributed by atoms with Crippen LogP contribution in [0.25, 0.3) is 12.2 Å². The summed E-state index contributed by atoms with van der Waals surface area (Å²) in [6.07, 6.45) is 7.98. The lowest BCUT2D eigenvalue weighted by molar-refractivity contribution is -0.110. The number of pyridine rings is 1. The second-order valence-corrected chi connectivity index (χ2v) is 4.78. The normalized spacial score (nSPS) is 11.0. The van der Waals surface area contributed by atoms with Crippen LogP contribution >= 0.6 is 0 Å². The summed E-state index contributed by atoms with van der Waals surface area (Å²) in [7, 11) is 4.64. The van der Waals surface area contributed by atoms with Gasteiger partial charge >= 0.3 is 0 Å². The minimum absolute atomic E-state index is 0.144. The quantitative estimate of drug-likeness (QED) is 0.730. The fourth-order valence-electron chi connectivity index (χ4n) is 2.07. The SMILES string of the molecule is COc1cc(/C=C/C(=O)/C=C/c2ccccn2)cc(OC)c1OC. The number of rotatable bonds is 7. The third kappa shape index (κ3) is 4.46. The van der Waals surface area contributed by atoms with E-state index in [0.717, 1.165) is 11.3 Å². The van der Waals surface area contributed by atoms with Crippen molar-refractivity contribution in [2.75, 3.05) is 21.3 Å². The second kappa shape index (κ2) is 8.53. The van der Waals surface area contributed by atoms with Crippen molar-refractivity contribution in [3.8, 4) is 17.2 Å². The molecule has 0 saturated carbocycles. The fraction of sp³-hybridized carbons (Fsp3) is 0.158. The minimum atomic E-state index is -0.144. The van der Waals surface area contributed by atoms with Gasteiger partial charge in [0, 0.05) is 6.20 Å². The average molecular weight is 325 g/mol. The smallest absolute Gasteiger partial charge is 0.203 e. The zero-order valence-corrected chi connectivity index (χ0v) is 13.9. The number of hydrogen-bond donors (Lipinski definition) is 0. The van der Waals surface area contributed by atoms with E-state index < -0.39 is 0 Å². The molecule has 2 aromatic rings. The van der Waals surface area contributed by atoms with Gasteiger partial charge in [-0.2, -0.15) is 0 Å². The Hall–Kier alpha value is -3.08. The van der Waals surface area contributed by atoms with Crippen molar-refractivity contribution in [2.45, 2.75) is 0 Å². The topological polar surface area (TPSA) is 57.7 Å². The van der Waals surface area contributed by atoms with Crippen LogP contribution in [0.15, 0.2) is 48.7 Å². The van der Waals surface area contributed by atoms with E-state index in [-0.39, 0.29) is 5.78 Å². The predicted octanol–water partition coefficient (Wildman–Crippen LogP) is 3.40. The predicted molar refractivity (Wildman–Crippen MR) is 93.4 cm³/mol. The third-order valence-electron chi connectivity index (χ3n) is 3.23. The van der Waals surface area contributed by atoms with E-state index in [1.54, 1.807) is 51.8 Å². The van der Waals surface area contributed by atoms with Crippen LogP contribution in [0.3, 0.4) is 0 Å². The van der Waals surface area contributed by atoms with E-state index in [0.29, 0.717) is 17.2 Å². The first-order chi connectivity index (χ1) is 11.7. The Morgan fingerprint density at radius 3 is 2.17 bits per heavy atom. The molecule has 1 aromatic heterocycles. The van der Waals surface area contributed by atoms with E-state index in [1.807, 2.05) is 18.2 Å². The Morgan fingerprint density at radius 1 is 0.958 bits per heavy atom. The van der Waals surface area contributed by atoms with Crippen molar-refractivity contribution in [3.63, 3.8) is 0 Å². The van der Waals surface area contributed by atoms with Crippen LogP contribution in [0.5, 0.6) is 17.2 Å². The molecule has 0 bridgehead atoms. The van der Waals surface area contributed by atoms with Gasteiger partial charge in [0.15, 0.2) is 17.3 Å². The largest absolute Gasteiger partial charge is 0.493 e. The maximum Gasteiger partial charge on any atom is 0.203 e. The summed E-state index contributed by atoms with van der Waals surface area (Å²) in [5.74, 6) is 1.44. The summed E-state index contributed by atoms with van der Waals surface area (Å²) < 4.78 is 15.8. The summed E-state index contributed by atoms with van der Waals surface area (Å²) in [6.45, 7) is 0. The molecule has 124 valence electrons. The van der Waals surface area contributed by atoms with Crippen molar-refractivity contribution in [3.05, 3.63) is 59.9 Å². The molecule has 5 heteroatoms. The Morgan fingerprint density at radius 2 is 1.62 bits per heavy atom. The van der Waals surface area contributed by atoms with Crippen molar-refractivity contribution >= 4 is 17.9 Å². The Labute approximate surface area is 141 Å². The third-order valence-corrected chi connectivity index (χ3v) is 3.23. The van der Waals surface area contributed by atoms with Gasteiger partial charge in [-0.25, -0.2) is 0 Å². The Kier molecular flexibility index (Phi) is 6.14. The maximum absolute atomic E-state index is 11.9. The standard InChI is InChI=1S/C19H19NO4/c1-22-17-12-14(13-18(23-2)19(17)24-3)7-9-16(21)10-8-15-6-4-5-11-20-15/h4-13H,1-3H3/b9-7+,10-8+. The molecule has 0 fully saturated rings. The molecule has 5 nitrogen and oxygen atoms in total. The number of methoxy groups -OCH3 is 3. The molecular formula is C19H19NO4. The fourth-order valence-corrected chi connectivity index (χ4v) is 2.07. The molecule has 0 aliphatic carbocycles. The van der Waals surface area contributed by atoms with E-state index in [9.17, 15) is 4.79 Å². The molecule has 0 amide bonds. The lowest BCUT2D eigenvalue weighted by Crippen LogP contribution is -1.95. The van der Waals surface area contributed by atoms with Gasteiger partial charge in [-0.05, 0) is 48.1 Å². The molecule has 0 radical (unpaired) electrons. The summed E-state index contributed by atoms with van der Waals surface area (Å²) in [5, 5.41) is 0. The van der Waals surface area contributed by atoms with Gasteiger partial charge in [-0.15, -0.1) is 0 Å². The van der Waals surface area contributed by atoms with E-state index in [4.69, 9.17) is 14.2 Å². The molecular weight excluding hydrogens is 306 g/mol. The molecule has 24 heavy (non-hydrogen) atoms. The number of carbonyl (C=O) groups excluding carboxylic acids is 1. The zero-order chi connectivity index (χ0) is 17.4. The van der Waals surface area contributed by atoms with Crippen molar-refractivity contribution in [1.82, 2.24) is 4.98 Å². The highest BCUT2D eigenvalue weighted by Crippen LogP contribution is 2.38. The number of ketones is 1. The molecule has 2 rings (SSSR count). The monoisotopic (exact) mass is 325 g/mol. The summed E-state index contributed by atoms with van der Waals surface area (Å²) in [5.41, 5.74) is 1.50. The Bertz CT molecular complexity index is 726. The van der Waals surface area contributed by atoms with Crippen LogP contribution in [-0.4, -0.2) is 32.1 Å². The first kappa shape index (κ1) is 17.3. The van der Waals surface area contributed by atoms with Crippen molar-refractivity contribution in [1.29, 1.82) is 0 Å². The lowest BCUT2D eigenvalue weighted by atomic mass is 10.1. The average Bonchev–Trinajstić information content (AvgIpc) is 2.64. The highest BCUT2D eigenvalue weighted by molar-refractivity contribution is 6.04. The molecule has 0 N–H and O–H groups in total. The van der Waals surface area contributed by atoms with Crippen LogP contribution in [0.4, 0.5) is 0 Å². The van der Waals surface area contributed by atoms with Crippen LogP contribution in [0.1, 0.15) is 11.3 Å². The molecule has 0 aliphatic heterocycles. The van der Waals surface area contributed by atoms with Gasteiger partial charge in [-0.3, -0.25) is 9.78 Å². The minimum Gasteiger partial charge on any atom is -0.493 e. The molecule has 0 unspecified atom stereocenters. The number of nitrogens with zero attached hydrogens (tertiary/aromatic N) is 1. The highest BCUT2D eigenvalue weighted by atomic mass is 16.5. The van der Waals surface area contributed by atoms with Crippen molar-refractivity contribution < 1.29 is 19.0 Å². The number of ether oxygens (including phenoxy) is 3. The van der Waals surface area contributed by atoms with Gasteiger partial charge in [0.05, 0.1) is 27.0 Å². The number of carbonyl (C=O) groups is 1.